The minimum atomic E-state index is 0.201. The van der Waals surface area contributed by atoms with Crippen LogP contribution in [-0.4, -0.2) is 36.5 Å². The second-order valence-electron chi connectivity index (χ2n) is 6.98. The molecule has 21 heavy (non-hydrogen) atoms. The van der Waals surface area contributed by atoms with Gasteiger partial charge in [0.2, 0.25) is 0 Å². The van der Waals surface area contributed by atoms with E-state index in [0.29, 0.717) is 6.10 Å². The molecule has 1 aliphatic heterocycles. The number of piperidine rings is 1. The van der Waals surface area contributed by atoms with Gasteiger partial charge in [0.15, 0.2) is 0 Å². The highest BCUT2D eigenvalue weighted by atomic mass is 35.5. The molecule has 0 atom stereocenters. The third-order valence-electron chi connectivity index (χ3n) is 4.17. The van der Waals surface area contributed by atoms with Crippen LogP contribution in [0.15, 0.2) is 24.3 Å². The lowest BCUT2D eigenvalue weighted by molar-refractivity contribution is 0.101. The standard InChI is InChI=1S/C18H28ClNO/c1-18(2,3)15-5-7-16(8-6-15)21-17-9-13-20(14-10-17)12-4-11-19/h5-8,17H,4,9-14H2,1-3H3. The lowest BCUT2D eigenvalue weighted by atomic mass is 9.87. The first-order chi connectivity index (χ1) is 9.99. The molecule has 1 aromatic carbocycles. The molecule has 0 saturated carbocycles. The summed E-state index contributed by atoms with van der Waals surface area (Å²) in [6, 6.07) is 8.59. The van der Waals surface area contributed by atoms with Crippen molar-refractivity contribution < 1.29 is 4.74 Å². The van der Waals surface area contributed by atoms with Crippen LogP contribution in [0.25, 0.3) is 0 Å². The van der Waals surface area contributed by atoms with Gasteiger partial charge in [0.05, 0.1) is 0 Å². The van der Waals surface area contributed by atoms with E-state index in [9.17, 15) is 0 Å². The Labute approximate surface area is 134 Å². The molecule has 1 saturated heterocycles. The maximum atomic E-state index is 6.12. The minimum absolute atomic E-state index is 0.201. The van der Waals surface area contributed by atoms with E-state index in [0.717, 1.165) is 50.5 Å². The van der Waals surface area contributed by atoms with Crippen molar-refractivity contribution in [3.63, 3.8) is 0 Å². The van der Waals surface area contributed by atoms with E-state index in [4.69, 9.17) is 16.3 Å². The van der Waals surface area contributed by atoms with Crippen molar-refractivity contribution in [2.24, 2.45) is 0 Å². The summed E-state index contributed by atoms with van der Waals surface area (Å²) in [7, 11) is 0. The fraction of sp³-hybridized carbons (Fsp3) is 0.667. The molecule has 3 heteroatoms. The first kappa shape index (κ1) is 16.6. The van der Waals surface area contributed by atoms with Crippen molar-refractivity contribution in [2.75, 3.05) is 25.5 Å². The highest BCUT2D eigenvalue weighted by molar-refractivity contribution is 6.17. The van der Waals surface area contributed by atoms with Crippen LogP contribution in [-0.2, 0) is 5.41 Å². The predicted molar refractivity (Wildman–Crippen MR) is 90.6 cm³/mol. The topological polar surface area (TPSA) is 12.5 Å². The van der Waals surface area contributed by atoms with Crippen molar-refractivity contribution in [1.29, 1.82) is 0 Å². The van der Waals surface area contributed by atoms with Crippen molar-refractivity contribution in [1.82, 2.24) is 4.90 Å². The first-order valence-corrected chi connectivity index (χ1v) is 8.58. The van der Waals surface area contributed by atoms with Gasteiger partial charge in [-0.15, -0.1) is 11.6 Å². The van der Waals surface area contributed by atoms with Crippen LogP contribution in [0.2, 0.25) is 0 Å². The van der Waals surface area contributed by atoms with Gasteiger partial charge in [-0.2, -0.15) is 0 Å². The maximum Gasteiger partial charge on any atom is 0.119 e. The zero-order valence-electron chi connectivity index (χ0n) is 13.6. The molecule has 0 spiro atoms. The van der Waals surface area contributed by atoms with Crippen molar-refractivity contribution in [3.05, 3.63) is 29.8 Å². The Bertz CT molecular complexity index is 416. The third-order valence-corrected chi connectivity index (χ3v) is 4.43. The molecule has 118 valence electrons. The van der Waals surface area contributed by atoms with Gasteiger partial charge in [-0.25, -0.2) is 0 Å². The van der Waals surface area contributed by atoms with Gasteiger partial charge in [-0.05, 0) is 48.9 Å². The van der Waals surface area contributed by atoms with Crippen LogP contribution in [0.5, 0.6) is 5.75 Å². The number of hydrogen-bond acceptors (Lipinski definition) is 2. The number of hydrogen-bond donors (Lipinski definition) is 0. The highest BCUT2D eigenvalue weighted by Gasteiger charge is 2.20. The molecule has 2 nitrogen and oxygen atoms in total. The van der Waals surface area contributed by atoms with Crippen LogP contribution in [0.1, 0.15) is 45.6 Å². The van der Waals surface area contributed by atoms with E-state index in [1.165, 1.54) is 5.56 Å². The second-order valence-corrected chi connectivity index (χ2v) is 7.35. The lowest BCUT2D eigenvalue weighted by Gasteiger charge is -2.32. The zero-order chi connectivity index (χ0) is 15.3. The van der Waals surface area contributed by atoms with Gasteiger partial charge in [0, 0.05) is 19.0 Å². The largest absolute Gasteiger partial charge is 0.490 e. The van der Waals surface area contributed by atoms with E-state index in [1.54, 1.807) is 0 Å². The van der Waals surface area contributed by atoms with Crippen LogP contribution in [0.4, 0.5) is 0 Å². The molecule has 0 amide bonds. The summed E-state index contributed by atoms with van der Waals surface area (Å²) < 4.78 is 6.12. The summed E-state index contributed by atoms with van der Waals surface area (Å²) in [5.74, 6) is 1.76. The SMILES string of the molecule is CC(C)(C)c1ccc(OC2CCN(CCCCl)CC2)cc1. The fourth-order valence-corrected chi connectivity index (χ4v) is 2.88. The second kappa shape index (κ2) is 7.51. The quantitative estimate of drug-likeness (QED) is 0.745. The normalized spacial score (nSPS) is 17.9. The van der Waals surface area contributed by atoms with Crippen LogP contribution >= 0.6 is 11.6 Å². The average molecular weight is 310 g/mol. The van der Waals surface area contributed by atoms with Gasteiger partial charge >= 0.3 is 0 Å². The molecule has 0 aliphatic carbocycles. The lowest BCUT2D eigenvalue weighted by Crippen LogP contribution is -2.38. The number of nitrogens with zero attached hydrogens (tertiary/aromatic N) is 1. The molecular formula is C18H28ClNO. The number of alkyl halides is 1. The van der Waals surface area contributed by atoms with Crippen molar-refractivity contribution >= 4 is 11.6 Å². The van der Waals surface area contributed by atoms with Gasteiger partial charge in [0.25, 0.3) is 0 Å². The molecule has 1 aromatic rings. The Morgan fingerprint density at radius 1 is 1.14 bits per heavy atom. The fourth-order valence-electron chi connectivity index (χ4n) is 2.76. The Kier molecular flexibility index (Phi) is 5.95. The van der Waals surface area contributed by atoms with Crippen LogP contribution < -0.4 is 4.74 Å². The number of ether oxygens (including phenoxy) is 1. The summed E-state index contributed by atoms with van der Waals surface area (Å²) in [4.78, 5) is 2.49. The number of likely N-dealkylation sites (tertiary alicyclic amines) is 1. The van der Waals surface area contributed by atoms with Crippen molar-refractivity contribution in [2.45, 2.75) is 51.6 Å². The molecule has 1 aliphatic rings. The maximum absolute atomic E-state index is 6.12. The molecule has 0 radical (unpaired) electrons. The third kappa shape index (κ3) is 5.19. The Morgan fingerprint density at radius 3 is 2.29 bits per heavy atom. The molecule has 0 unspecified atom stereocenters. The molecule has 1 fully saturated rings. The summed E-state index contributed by atoms with van der Waals surface area (Å²) in [5.41, 5.74) is 1.55. The molecule has 0 aromatic heterocycles. The summed E-state index contributed by atoms with van der Waals surface area (Å²) in [5, 5.41) is 0. The van der Waals surface area contributed by atoms with Gasteiger partial charge < -0.3 is 9.64 Å². The molecule has 2 rings (SSSR count). The first-order valence-electron chi connectivity index (χ1n) is 8.04. The summed E-state index contributed by atoms with van der Waals surface area (Å²) in [6.07, 6.45) is 3.67. The molecule has 0 N–H and O–H groups in total. The van der Waals surface area contributed by atoms with E-state index >= 15 is 0 Å². The molecule has 0 bridgehead atoms. The summed E-state index contributed by atoms with van der Waals surface area (Å²) >= 11 is 5.75. The van der Waals surface area contributed by atoms with E-state index in [2.05, 4.69) is 49.9 Å². The Balaban J connectivity index is 1.81. The van der Waals surface area contributed by atoms with Gasteiger partial charge in [-0.3, -0.25) is 0 Å². The monoisotopic (exact) mass is 309 g/mol. The zero-order valence-corrected chi connectivity index (χ0v) is 14.3. The number of benzene rings is 1. The highest BCUT2D eigenvalue weighted by Crippen LogP contribution is 2.25. The van der Waals surface area contributed by atoms with Gasteiger partial charge in [0.1, 0.15) is 11.9 Å². The number of rotatable bonds is 5. The summed E-state index contributed by atoms with van der Waals surface area (Å²) in [6.45, 7) is 10.1. The average Bonchev–Trinajstić information content (AvgIpc) is 2.46. The Morgan fingerprint density at radius 2 is 1.76 bits per heavy atom. The number of halogens is 1. The Hall–Kier alpha value is -0.730. The van der Waals surface area contributed by atoms with E-state index < -0.39 is 0 Å². The molecule has 1 heterocycles. The smallest absolute Gasteiger partial charge is 0.119 e. The minimum Gasteiger partial charge on any atom is -0.490 e. The van der Waals surface area contributed by atoms with Crippen LogP contribution in [0.3, 0.4) is 0 Å². The van der Waals surface area contributed by atoms with Crippen molar-refractivity contribution in [3.8, 4) is 5.75 Å². The van der Waals surface area contributed by atoms with E-state index in [-0.39, 0.29) is 5.41 Å². The van der Waals surface area contributed by atoms with Crippen LogP contribution in [0, 0.1) is 0 Å². The molecular weight excluding hydrogens is 282 g/mol. The predicted octanol–water partition coefficient (Wildman–Crippen LogP) is 4.46. The van der Waals surface area contributed by atoms with E-state index in [1.807, 2.05) is 0 Å². The van der Waals surface area contributed by atoms with Gasteiger partial charge in [-0.1, -0.05) is 32.9 Å².